The minimum atomic E-state index is -1.05. The quantitative estimate of drug-likeness (QED) is 0.257. The monoisotopic (exact) mass is 615 g/mol. The molecule has 238 valence electrons. The van der Waals surface area contributed by atoms with E-state index in [-0.39, 0.29) is 46.7 Å². The number of hydrogen-bond donors (Lipinski definition) is 2. The van der Waals surface area contributed by atoms with Crippen LogP contribution in [0.15, 0.2) is 17.7 Å². The Kier molecular flexibility index (Phi) is 12.6. The van der Waals surface area contributed by atoms with Gasteiger partial charge in [-0.05, 0) is 92.1 Å². The third kappa shape index (κ3) is 10.6. The van der Waals surface area contributed by atoms with Crippen LogP contribution in [0.3, 0.4) is 0 Å². The summed E-state index contributed by atoms with van der Waals surface area (Å²) in [7, 11) is 0. The van der Waals surface area contributed by atoms with Gasteiger partial charge in [0.05, 0.1) is 35.5 Å². The highest BCUT2D eigenvalue weighted by atomic mass is 32.1. The number of anilines is 1. The molecule has 2 N–H and O–H groups in total. The van der Waals surface area contributed by atoms with Crippen molar-refractivity contribution >= 4 is 34.7 Å². The van der Waals surface area contributed by atoms with Crippen molar-refractivity contribution in [2.75, 3.05) is 24.7 Å². The van der Waals surface area contributed by atoms with E-state index in [9.17, 15) is 24.6 Å². The molecule has 2 atom stereocenters. The van der Waals surface area contributed by atoms with E-state index >= 15 is 0 Å². The van der Waals surface area contributed by atoms with Gasteiger partial charge in [0.2, 0.25) is 5.91 Å². The highest BCUT2D eigenvalue weighted by Crippen LogP contribution is 2.40. The Morgan fingerprint density at radius 3 is 2.37 bits per heavy atom. The molecule has 8 nitrogen and oxygen atoms in total. The van der Waals surface area contributed by atoms with Gasteiger partial charge in [0.1, 0.15) is 10.7 Å². The number of aromatic carboxylic acids is 1. The normalized spacial score (nSPS) is 25.5. The fraction of sp³-hybridized carbons (Fsp3) is 0.676. The molecule has 2 aliphatic carbocycles. The summed E-state index contributed by atoms with van der Waals surface area (Å²) in [5.74, 6) is 5.30. The number of carboxylic acids is 1. The van der Waals surface area contributed by atoms with Gasteiger partial charge in [-0.25, -0.2) is 4.79 Å². The van der Waals surface area contributed by atoms with Crippen LogP contribution in [-0.4, -0.2) is 65.4 Å². The third-order valence-corrected chi connectivity index (χ3v) is 9.20. The summed E-state index contributed by atoms with van der Waals surface area (Å²) in [5, 5.41) is 21.3. The van der Waals surface area contributed by atoms with Crippen LogP contribution in [0.5, 0.6) is 0 Å². The van der Waals surface area contributed by atoms with E-state index in [1.165, 1.54) is 5.57 Å². The van der Waals surface area contributed by atoms with Crippen LogP contribution in [0.2, 0.25) is 0 Å². The molecule has 0 aromatic carbocycles. The molecule has 0 spiro atoms. The van der Waals surface area contributed by atoms with Crippen LogP contribution in [-0.2, 0) is 19.1 Å². The van der Waals surface area contributed by atoms with E-state index in [0.717, 1.165) is 30.6 Å². The van der Waals surface area contributed by atoms with Crippen molar-refractivity contribution in [3.05, 3.63) is 27.5 Å². The van der Waals surface area contributed by atoms with Crippen molar-refractivity contribution in [3.8, 4) is 11.8 Å². The minimum absolute atomic E-state index is 0.0224. The van der Waals surface area contributed by atoms with Crippen LogP contribution in [0.4, 0.5) is 5.69 Å². The molecule has 0 radical (unpaired) electrons. The summed E-state index contributed by atoms with van der Waals surface area (Å²) >= 11 is 1.13. The lowest BCUT2D eigenvalue weighted by Gasteiger charge is -2.42. The van der Waals surface area contributed by atoms with Crippen molar-refractivity contribution in [1.29, 1.82) is 0 Å². The topological polar surface area (TPSA) is 113 Å². The number of Topliss-reactive ketones (excluding diaryl/α,β-unsaturated/α-hetero) is 1. The Morgan fingerprint density at radius 1 is 1.19 bits per heavy atom. The van der Waals surface area contributed by atoms with Crippen molar-refractivity contribution in [1.82, 2.24) is 0 Å². The van der Waals surface area contributed by atoms with E-state index in [2.05, 4.69) is 24.8 Å². The first-order chi connectivity index (χ1) is 20.2. The number of hydrogen-bond acceptors (Lipinski definition) is 7. The number of carbonyl (C=O) groups excluding carboxylic acids is 2. The molecule has 2 heterocycles. The lowest BCUT2D eigenvalue weighted by Crippen LogP contribution is -2.50. The molecule has 0 bridgehead atoms. The molecule has 1 aromatic rings. The SMILES string of the molecule is CC1=CC[C@H](C(=O)N(c2cc(C#CC(C)(C)C)sc2C(=O)O)[C@H]2CC[C@](O)(CO[C@H]3CCOC3)CC2)CC1.CCC(C)=O. The summed E-state index contributed by atoms with van der Waals surface area (Å²) < 4.78 is 11.3. The number of carbonyl (C=O) groups is 3. The van der Waals surface area contributed by atoms with Gasteiger partial charge in [-0.1, -0.05) is 30.4 Å². The van der Waals surface area contributed by atoms with Gasteiger partial charge in [0, 0.05) is 30.4 Å². The Labute approximate surface area is 260 Å². The van der Waals surface area contributed by atoms with Gasteiger partial charge in [-0.3, -0.25) is 4.79 Å². The standard InChI is InChI=1S/C30H41NO6S.C4H8O/c1-20-5-7-21(8-6-20)27(32)31(25-17-24(11-13-29(2,3)4)38-26(25)28(33)34)22-9-14-30(35,15-10-22)19-37-23-12-16-36-18-23;1-3-4(2)5/h5,17,21-23,35H,6-10,12,14-16,18-19H2,1-4H3,(H,33,34);3H2,1-2H3/t21-,22-,23-,30+;/m0./s1. The second-order valence-electron chi connectivity index (χ2n) is 13.2. The first-order valence-corrected chi connectivity index (χ1v) is 16.3. The molecule has 1 aliphatic heterocycles. The molecule has 1 saturated heterocycles. The fourth-order valence-electron chi connectivity index (χ4n) is 5.37. The number of ether oxygens (including phenoxy) is 2. The number of nitrogens with zero attached hydrogens (tertiary/aromatic N) is 1. The summed E-state index contributed by atoms with van der Waals surface area (Å²) in [4.78, 5) is 38.7. The Hall–Kier alpha value is -2.51. The Bertz CT molecular complexity index is 1220. The summed E-state index contributed by atoms with van der Waals surface area (Å²) in [5.41, 5.74) is 0.548. The van der Waals surface area contributed by atoms with Crippen molar-refractivity contribution in [2.45, 2.75) is 117 Å². The number of aliphatic hydroxyl groups is 1. The third-order valence-electron chi connectivity index (χ3n) is 8.18. The smallest absolute Gasteiger partial charge is 0.348 e. The van der Waals surface area contributed by atoms with Gasteiger partial charge in [0.25, 0.3) is 0 Å². The fourth-order valence-corrected chi connectivity index (χ4v) is 6.21. The van der Waals surface area contributed by atoms with Gasteiger partial charge in [-0.15, -0.1) is 11.3 Å². The van der Waals surface area contributed by atoms with Crippen molar-refractivity contribution < 1.29 is 34.1 Å². The molecule has 1 aromatic heterocycles. The average molecular weight is 616 g/mol. The molecule has 9 heteroatoms. The number of ketones is 1. The van der Waals surface area contributed by atoms with Crippen LogP contribution in [0.25, 0.3) is 0 Å². The summed E-state index contributed by atoms with van der Waals surface area (Å²) in [6.07, 6.45) is 8.07. The zero-order valence-corrected chi connectivity index (χ0v) is 27.5. The maximum Gasteiger partial charge on any atom is 0.348 e. The first-order valence-electron chi connectivity index (χ1n) is 15.5. The van der Waals surface area contributed by atoms with Gasteiger partial charge in [-0.2, -0.15) is 0 Å². The van der Waals surface area contributed by atoms with E-state index < -0.39 is 11.6 Å². The zero-order chi connectivity index (χ0) is 31.8. The highest BCUT2D eigenvalue weighted by Gasteiger charge is 2.41. The van der Waals surface area contributed by atoms with E-state index in [4.69, 9.17) is 9.47 Å². The van der Waals surface area contributed by atoms with Crippen LogP contribution < -0.4 is 4.90 Å². The minimum Gasteiger partial charge on any atom is -0.477 e. The lowest BCUT2D eigenvalue weighted by molar-refractivity contribution is -0.124. The van der Waals surface area contributed by atoms with Crippen LogP contribution >= 0.6 is 11.3 Å². The summed E-state index contributed by atoms with van der Waals surface area (Å²) in [6.45, 7) is 13.0. The lowest BCUT2D eigenvalue weighted by atomic mass is 9.81. The zero-order valence-electron chi connectivity index (χ0n) is 26.7. The van der Waals surface area contributed by atoms with Gasteiger partial charge in [0.15, 0.2) is 0 Å². The number of thiophene rings is 1. The molecular weight excluding hydrogens is 566 g/mol. The number of amides is 1. The summed E-state index contributed by atoms with van der Waals surface area (Å²) in [6, 6.07) is 1.58. The maximum atomic E-state index is 14.0. The molecular formula is C34H49NO7S. The van der Waals surface area contributed by atoms with Crippen LogP contribution in [0, 0.1) is 23.2 Å². The van der Waals surface area contributed by atoms with E-state index in [0.29, 0.717) is 62.3 Å². The highest BCUT2D eigenvalue weighted by molar-refractivity contribution is 7.15. The number of rotatable bonds is 8. The largest absolute Gasteiger partial charge is 0.477 e. The number of allylic oxidation sites excluding steroid dienone is 2. The molecule has 2 fully saturated rings. The molecule has 3 aliphatic rings. The second-order valence-corrected chi connectivity index (χ2v) is 14.2. The number of carboxylic acid groups (broad SMARTS) is 1. The molecule has 43 heavy (non-hydrogen) atoms. The van der Waals surface area contributed by atoms with E-state index in [1.807, 2.05) is 27.7 Å². The molecule has 4 rings (SSSR count). The Balaban J connectivity index is 0.000000934. The van der Waals surface area contributed by atoms with E-state index in [1.54, 1.807) is 17.9 Å². The molecule has 1 amide bonds. The van der Waals surface area contributed by atoms with Gasteiger partial charge < -0.3 is 29.4 Å². The van der Waals surface area contributed by atoms with Crippen molar-refractivity contribution in [2.24, 2.45) is 11.3 Å². The van der Waals surface area contributed by atoms with Crippen LogP contribution in [0.1, 0.15) is 114 Å². The predicted octanol–water partition coefficient (Wildman–Crippen LogP) is 6.39. The molecule has 1 saturated carbocycles. The second kappa shape index (κ2) is 15.5. The first kappa shape index (κ1) is 35.0. The average Bonchev–Trinajstić information content (AvgIpc) is 3.63. The predicted molar refractivity (Wildman–Crippen MR) is 170 cm³/mol. The van der Waals surface area contributed by atoms with Crippen molar-refractivity contribution in [3.63, 3.8) is 0 Å². The molecule has 0 unspecified atom stereocenters. The van der Waals surface area contributed by atoms with Gasteiger partial charge >= 0.3 is 5.97 Å². The maximum absolute atomic E-state index is 14.0. The Morgan fingerprint density at radius 2 is 1.86 bits per heavy atom.